The molecule has 3 aliphatic heterocycles. The highest BCUT2D eigenvalue weighted by Gasteiger charge is 2.43. The highest BCUT2D eigenvalue weighted by Crippen LogP contribution is 2.51. The van der Waals surface area contributed by atoms with Crippen molar-refractivity contribution < 1.29 is 9.53 Å². The normalized spacial score (nSPS) is 23.1. The highest BCUT2D eigenvalue weighted by atomic mass is 16.5. The number of carbonyl (C=O) groups is 1. The van der Waals surface area contributed by atoms with Gasteiger partial charge in [-0.3, -0.25) is 9.69 Å². The number of carbonyl (C=O) groups excluding carboxylic acids is 1. The summed E-state index contributed by atoms with van der Waals surface area (Å²) in [5.74, 6) is 1.73. The Morgan fingerprint density at radius 3 is 2.32 bits per heavy atom. The van der Waals surface area contributed by atoms with E-state index < -0.39 is 0 Å². The van der Waals surface area contributed by atoms with E-state index in [2.05, 4.69) is 47.9 Å². The number of amides is 1. The van der Waals surface area contributed by atoms with Gasteiger partial charge in [-0.25, -0.2) is 0 Å². The number of benzene rings is 2. The third-order valence-corrected chi connectivity index (χ3v) is 7.80. The molecule has 1 amide bonds. The van der Waals surface area contributed by atoms with Gasteiger partial charge in [-0.05, 0) is 83.7 Å². The van der Waals surface area contributed by atoms with Gasteiger partial charge in [0.2, 0.25) is 0 Å². The number of ether oxygens (including phenoxy) is 1. The van der Waals surface area contributed by atoms with E-state index in [4.69, 9.17) is 4.74 Å². The maximum atomic E-state index is 13.0. The van der Waals surface area contributed by atoms with E-state index in [9.17, 15) is 4.79 Å². The Morgan fingerprint density at radius 2 is 1.65 bits per heavy atom. The minimum absolute atomic E-state index is 0.0624. The average molecular weight is 460 g/mol. The van der Waals surface area contributed by atoms with Crippen LogP contribution in [0.3, 0.4) is 0 Å². The molecular weight excluding hydrogens is 422 g/mol. The molecule has 0 aliphatic carbocycles. The molecular formula is C29H37N3O2. The van der Waals surface area contributed by atoms with E-state index in [0.29, 0.717) is 36.8 Å². The summed E-state index contributed by atoms with van der Waals surface area (Å²) in [5, 5.41) is 0. The summed E-state index contributed by atoms with van der Waals surface area (Å²) in [7, 11) is 0. The number of allylic oxidation sites excluding steroid dienone is 1. The first-order chi connectivity index (χ1) is 16.5. The molecule has 1 unspecified atom stereocenters. The first-order valence-corrected chi connectivity index (χ1v) is 12.9. The summed E-state index contributed by atoms with van der Waals surface area (Å²) < 4.78 is 6.36. The molecule has 5 nitrogen and oxygen atoms in total. The average Bonchev–Trinajstić information content (AvgIpc) is 3.08. The molecule has 2 fully saturated rings. The first kappa shape index (κ1) is 23.0. The van der Waals surface area contributed by atoms with Gasteiger partial charge in [0.1, 0.15) is 0 Å². The largest absolute Gasteiger partial charge is 0.453 e. The fraction of sp³-hybridized carbons (Fsp3) is 0.483. The van der Waals surface area contributed by atoms with Gasteiger partial charge >= 0.3 is 0 Å². The molecule has 5 heteroatoms. The zero-order valence-electron chi connectivity index (χ0n) is 21.0. The van der Waals surface area contributed by atoms with Gasteiger partial charge in [-0.1, -0.05) is 23.8 Å². The summed E-state index contributed by atoms with van der Waals surface area (Å²) in [6, 6.07) is 16.0. The lowest BCUT2D eigenvalue weighted by molar-refractivity contribution is 0.0772. The number of rotatable bonds is 6. The van der Waals surface area contributed by atoms with Crippen molar-refractivity contribution in [2.24, 2.45) is 0 Å². The minimum Gasteiger partial charge on any atom is -0.453 e. The molecule has 5 rings (SSSR count). The minimum atomic E-state index is 0.0624. The Morgan fingerprint density at radius 1 is 0.971 bits per heavy atom. The standard InChI is InChI=1S/C29H37N3O2/c1-5-30(6-2)29(33)21-11-14-26-28(17-21)34-27-10-8-7-9-25(27)32(26)24-18-22-12-13-23(19-24)31(22)16-15-20(3)4/h7-11,14-15,17,22-24H,5-6,12-13,16,18-19H2,1-4H3/t22-,23+,24?. The Balaban J connectivity index is 1.47. The SMILES string of the molecule is CCN(CC)C(=O)c1ccc2c(c1)Oc1ccccc1N2C1C[C@H]2CC[C@@H](C1)N2CC=C(C)C. The second-order valence-corrected chi connectivity index (χ2v) is 10.1. The molecule has 2 aromatic carbocycles. The van der Waals surface area contributed by atoms with Crippen LogP contribution >= 0.6 is 0 Å². The second-order valence-electron chi connectivity index (χ2n) is 10.1. The quantitative estimate of drug-likeness (QED) is 0.470. The number of nitrogens with zero attached hydrogens (tertiary/aromatic N) is 3. The molecule has 2 aromatic rings. The van der Waals surface area contributed by atoms with E-state index >= 15 is 0 Å². The summed E-state index contributed by atoms with van der Waals surface area (Å²) >= 11 is 0. The summed E-state index contributed by atoms with van der Waals surface area (Å²) in [6.45, 7) is 10.9. The lowest BCUT2D eigenvalue weighted by atomic mass is 9.93. The molecule has 0 spiro atoms. The Bertz CT molecular complexity index is 1070. The van der Waals surface area contributed by atoms with Crippen LogP contribution in [0.15, 0.2) is 54.1 Å². The number of hydrogen-bond acceptors (Lipinski definition) is 4. The summed E-state index contributed by atoms with van der Waals surface area (Å²) in [5.41, 5.74) is 4.31. The molecule has 180 valence electrons. The van der Waals surface area contributed by atoms with Gasteiger partial charge in [0.05, 0.1) is 11.4 Å². The predicted molar refractivity (Wildman–Crippen MR) is 138 cm³/mol. The topological polar surface area (TPSA) is 36.0 Å². The maximum absolute atomic E-state index is 13.0. The van der Waals surface area contributed by atoms with E-state index in [-0.39, 0.29) is 5.91 Å². The monoisotopic (exact) mass is 459 g/mol. The Labute approximate surface area is 204 Å². The van der Waals surface area contributed by atoms with Crippen LogP contribution in [0, 0.1) is 0 Å². The fourth-order valence-electron chi connectivity index (χ4n) is 6.05. The molecule has 0 radical (unpaired) electrons. The van der Waals surface area contributed by atoms with Crippen molar-refractivity contribution in [2.75, 3.05) is 24.5 Å². The molecule has 3 atom stereocenters. The van der Waals surface area contributed by atoms with Crippen molar-refractivity contribution in [3.63, 3.8) is 0 Å². The third kappa shape index (κ3) is 4.11. The molecule has 0 saturated carbocycles. The van der Waals surface area contributed by atoms with E-state index in [1.165, 1.54) is 18.4 Å². The van der Waals surface area contributed by atoms with Gasteiger partial charge in [0, 0.05) is 43.3 Å². The molecule has 3 aliphatic rings. The summed E-state index contributed by atoms with van der Waals surface area (Å²) in [6.07, 6.45) is 7.25. The van der Waals surface area contributed by atoms with Crippen molar-refractivity contribution in [3.05, 3.63) is 59.7 Å². The van der Waals surface area contributed by atoms with Crippen molar-refractivity contribution in [1.82, 2.24) is 9.80 Å². The molecule has 34 heavy (non-hydrogen) atoms. The van der Waals surface area contributed by atoms with Crippen molar-refractivity contribution in [3.8, 4) is 11.5 Å². The van der Waals surface area contributed by atoms with Crippen LogP contribution in [0.5, 0.6) is 11.5 Å². The number of piperidine rings is 1. The number of fused-ring (bicyclic) bond motifs is 4. The Kier molecular flexibility index (Phi) is 6.39. The van der Waals surface area contributed by atoms with Crippen molar-refractivity contribution in [2.45, 2.75) is 71.5 Å². The van der Waals surface area contributed by atoms with Gasteiger partial charge < -0.3 is 14.5 Å². The van der Waals surface area contributed by atoms with Crippen LogP contribution in [-0.4, -0.2) is 53.5 Å². The van der Waals surface area contributed by atoms with Crippen LogP contribution in [0.4, 0.5) is 11.4 Å². The van der Waals surface area contributed by atoms with Gasteiger partial charge in [-0.2, -0.15) is 0 Å². The van der Waals surface area contributed by atoms with Crippen molar-refractivity contribution in [1.29, 1.82) is 0 Å². The van der Waals surface area contributed by atoms with Crippen LogP contribution in [0.2, 0.25) is 0 Å². The van der Waals surface area contributed by atoms with Gasteiger partial charge in [0.15, 0.2) is 11.5 Å². The zero-order valence-corrected chi connectivity index (χ0v) is 21.0. The smallest absolute Gasteiger partial charge is 0.253 e. The summed E-state index contributed by atoms with van der Waals surface area (Å²) in [4.78, 5) is 20.1. The van der Waals surface area contributed by atoms with E-state index in [1.54, 1.807) is 0 Å². The number of anilines is 2. The van der Waals surface area contributed by atoms with E-state index in [0.717, 1.165) is 42.3 Å². The van der Waals surface area contributed by atoms with Crippen LogP contribution in [0.25, 0.3) is 0 Å². The number of para-hydroxylation sites is 2. The molecule has 2 saturated heterocycles. The van der Waals surface area contributed by atoms with Gasteiger partial charge in [-0.15, -0.1) is 0 Å². The predicted octanol–water partition coefficient (Wildman–Crippen LogP) is 6.37. The third-order valence-electron chi connectivity index (χ3n) is 7.80. The molecule has 3 heterocycles. The zero-order chi connectivity index (χ0) is 23.8. The van der Waals surface area contributed by atoms with Crippen LogP contribution in [0.1, 0.15) is 63.7 Å². The Hall–Kier alpha value is -2.79. The molecule has 0 aromatic heterocycles. The fourth-order valence-corrected chi connectivity index (χ4v) is 6.05. The maximum Gasteiger partial charge on any atom is 0.253 e. The molecule has 0 N–H and O–H groups in total. The second kappa shape index (κ2) is 9.46. The molecule has 2 bridgehead atoms. The highest BCUT2D eigenvalue weighted by molar-refractivity contribution is 5.96. The number of hydrogen-bond donors (Lipinski definition) is 0. The van der Waals surface area contributed by atoms with Gasteiger partial charge in [0.25, 0.3) is 5.91 Å². The van der Waals surface area contributed by atoms with Crippen LogP contribution < -0.4 is 9.64 Å². The lowest BCUT2D eigenvalue weighted by Crippen LogP contribution is -2.49. The van der Waals surface area contributed by atoms with E-state index in [1.807, 2.05) is 43.0 Å². The first-order valence-electron chi connectivity index (χ1n) is 12.9. The van der Waals surface area contributed by atoms with Crippen molar-refractivity contribution >= 4 is 17.3 Å². The lowest BCUT2D eigenvalue weighted by Gasteiger charge is -2.45. The van der Waals surface area contributed by atoms with Crippen LogP contribution in [-0.2, 0) is 0 Å².